The van der Waals surface area contributed by atoms with Crippen molar-refractivity contribution in [2.75, 3.05) is 7.11 Å². The Hall–Kier alpha value is -1.13. The van der Waals surface area contributed by atoms with E-state index in [2.05, 4.69) is 4.74 Å². The third-order valence-electron chi connectivity index (χ3n) is 2.44. The summed E-state index contributed by atoms with van der Waals surface area (Å²) in [5, 5.41) is 0.356. The molecule has 1 aromatic rings. The number of benzene rings is 1. The quantitative estimate of drug-likeness (QED) is 0.826. The van der Waals surface area contributed by atoms with Crippen molar-refractivity contribution in [2.45, 2.75) is 25.3 Å². The summed E-state index contributed by atoms with van der Waals surface area (Å²) >= 11 is 5.64. The van der Waals surface area contributed by atoms with Crippen LogP contribution in [0.2, 0.25) is 5.02 Å². The first-order valence-corrected chi connectivity index (χ1v) is 5.67. The van der Waals surface area contributed by atoms with Crippen LogP contribution in [0.4, 0.5) is 4.39 Å². The Kier molecular flexibility index (Phi) is 5.38. The molecule has 1 aromatic carbocycles. The molecule has 17 heavy (non-hydrogen) atoms. The molecule has 0 amide bonds. The van der Waals surface area contributed by atoms with Gasteiger partial charge in [0.15, 0.2) is 0 Å². The number of carbonyl (C=O) groups is 1. The van der Waals surface area contributed by atoms with E-state index in [9.17, 15) is 9.18 Å². The van der Waals surface area contributed by atoms with Crippen LogP contribution in [-0.2, 0) is 16.0 Å². The lowest BCUT2D eigenvalue weighted by molar-refractivity contribution is -0.140. The maximum Gasteiger partial charge on any atom is 0.305 e. The molecule has 0 fully saturated rings. The molecular formula is C12H15ClFNO2. The fraction of sp³-hybridized carbons (Fsp3) is 0.417. The molecule has 1 atom stereocenters. The van der Waals surface area contributed by atoms with Crippen molar-refractivity contribution in [1.82, 2.24) is 0 Å². The van der Waals surface area contributed by atoms with Gasteiger partial charge in [-0.3, -0.25) is 4.79 Å². The van der Waals surface area contributed by atoms with Gasteiger partial charge in [-0.1, -0.05) is 17.7 Å². The van der Waals surface area contributed by atoms with E-state index in [0.717, 1.165) is 0 Å². The lowest BCUT2D eigenvalue weighted by Crippen LogP contribution is -2.24. The topological polar surface area (TPSA) is 52.3 Å². The lowest BCUT2D eigenvalue weighted by Gasteiger charge is -2.11. The van der Waals surface area contributed by atoms with Crippen LogP contribution in [0, 0.1) is 5.82 Å². The van der Waals surface area contributed by atoms with Gasteiger partial charge in [-0.15, -0.1) is 0 Å². The second-order valence-corrected chi connectivity index (χ2v) is 4.25. The lowest BCUT2D eigenvalue weighted by atomic mass is 10.0. The van der Waals surface area contributed by atoms with Gasteiger partial charge in [-0.05, 0) is 30.5 Å². The Bertz CT molecular complexity index is 398. The molecule has 0 saturated heterocycles. The molecule has 1 unspecified atom stereocenters. The van der Waals surface area contributed by atoms with Crippen LogP contribution in [0.25, 0.3) is 0 Å². The van der Waals surface area contributed by atoms with E-state index in [0.29, 0.717) is 23.4 Å². The standard InChI is InChI=1S/C12H15ClFNO2/c1-17-12(16)5-4-10(15)6-8-2-3-9(13)7-11(8)14/h2-3,7,10H,4-6,15H2,1H3. The Morgan fingerprint density at radius 3 is 2.88 bits per heavy atom. The molecule has 0 radical (unpaired) electrons. The number of hydrogen-bond donors (Lipinski definition) is 1. The largest absolute Gasteiger partial charge is 0.469 e. The first-order chi connectivity index (χ1) is 8.02. The predicted octanol–water partition coefficient (Wildman–Crippen LogP) is 2.30. The van der Waals surface area contributed by atoms with E-state index < -0.39 is 0 Å². The van der Waals surface area contributed by atoms with Crippen LogP contribution < -0.4 is 5.73 Å². The molecule has 0 heterocycles. The number of esters is 1. The zero-order valence-corrected chi connectivity index (χ0v) is 10.3. The molecule has 94 valence electrons. The summed E-state index contributed by atoms with van der Waals surface area (Å²) in [4.78, 5) is 10.9. The SMILES string of the molecule is COC(=O)CCC(N)Cc1ccc(Cl)cc1F. The van der Waals surface area contributed by atoms with Gasteiger partial charge in [0, 0.05) is 17.5 Å². The highest BCUT2D eigenvalue weighted by Crippen LogP contribution is 2.16. The van der Waals surface area contributed by atoms with E-state index in [1.165, 1.54) is 13.2 Å². The molecule has 0 aliphatic heterocycles. The number of hydrogen-bond acceptors (Lipinski definition) is 3. The van der Waals surface area contributed by atoms with Crippen molar-refractivity contribution in [3.63, 3.8) is 0 Å². The fourth-order valence-corrected chi connectivity index (χ4v) is 1.64. The first kappa shape index (κ1) is 13.9. The van der Waals surface area contributed by atoms with E-state index in [1.54, 1.807) is 12.1 Å². The minimum Gasteiger partial charge on any atom is -0.469 e. The maximum absolute atomic E-state index is 13.4. The van der Waals surface area contributed by atoms with Crippen molar-refractivity contribution in [3.05, 3.63) is 34.6 Å². The third kappa shape index (κ3) is 4.71. The maximum atomic E-state index is 13.4. The Balaban J connectivity index is 2.50. The highest BCUT2D eigenvalue weighted by molar-refractivity contribution is 6.30. The number of carbonyl (C=O) groups excluding carboxylic acids is 1. The summed E-state index contributed by atoms with van der Waals surface area (Å²) in [6.45, 7) is 0. The van der Waals surface area contributed by atoms with Crippen LogP contribution in [0.3, 0.4) is 0 Å². The van der Waals surface area contributed by atoms with Crippen molar-refractivity contribution in [2.24, 2.45) is 5.73 Å². The average Bonchev–Trinajstić information content (AvgIpc) is 2.29. The number of halogens is 2. The Morgan fingerprint density at radius 1 is 1.59 bits per heavy atom. The molecule has 0 aliphatic carbocycles. The molecule has 0 aromatic heterocycles. The summed E-state index contributed by atoms with van der Waals surface area (Å²) in [6, 6.07) is 4.21. The first-order valence-electron chi connectivity index (χ1n) is 5.29. The molecule has 2 N–H and O–H groups in total. The third-order valence-corrected chi connectivity index (χ3v) is 2.68. The summed E-state index contributed by atoms with van der Waals surface area (Å²) in [6.07, 6.45) is 1.08. The molecule has 5 heteroatoms. The fourth-order valence-electron chi connectivity index (χ4n) is 1.48. The van der Waals surface area contributed by atoms with Gasteiger partial charge in [0.1, 0.15) is 5.82 Å². The number of rotatable bonds is 5. The summed E-state index contributed by atoms with van der Waals surface area (Å²) in [5.41, 5.74) is 6.31. The van der Waals surface area contributed by atoms with Gasteiger partial charge < -0.3 is 10.5 Å². The molecule has 0 bridgehead atoms. The number of ether oxygens (including phenoxy) is 1. The number of nitrogens with two attached hydrogens (primary N) is 1. The minimum absolute atomic E-state index is 0.243. The predicted molar refractivity (Wildman–Crippen MR) is 64.3 cm³/mol. The second-order valence-electron chi connectivity index (χ2n) is 3.81. The van der Waals surface area contributed by atoms with Crippen molar-refractivity contribution in [1.29, 1.82) is 0 Å². The zero-order chi connectivity index (χ0) is 12.8. The summed E-state index contributed by atoms with van der Waals surface area (Å²) in [5.74, 6) is -0.678. The van der Waals surface area contributed by atoms with Gasteiger partial charge in [0.25, 0.3) is 0 Å². The highest BCUT2D eigenvalue weighted by atomic mass is 35.5. The van der Waals surface area contributed by atoms with Gasteiger partial charge in [0.2, 0.25) is 0 Å². The minimum atomic E-state index is -0.369. The van der Waals surface area contributed by atoms with Gasteiger partial charge in [-0.25, -0.2) is 4.39 Å². The summed E-state index contributed by atoms with van der Waals surface area (Å²) < 4.78 is 17.9. The van der Waals surface area contributed by atoms with E-state index in [-0.39, 0.29) is 24.2 Å². The van der Waals surface area contributed by atoms with Crippen molar-refractivity contribution < 1.29 is 13.9 Å². The van der Waals surface area contributed by atoms with Crippen LogP contribution >= 0.6 is 11.6 Å². The summed E-state index contributed by atoms with van der Waals surface area (Å²) in [7, 11) is 1.33. The van der Waals surface area contributed by atoms with Crippen LogP contribution in [0.5, 0.6) is 0 Å². The van der Waals surface area contributed by atoms with Crippen molar-refractivity contribution in [3.8, 4) is 0 Å². The van der Waals surface area contributed by atoms with E-state index >= 15 is 0 Å². The van der Waals surface area contributed by atoms with Crippen LogP contribution in [0.1, 0.15) is 18.4 Å². The molecule has 3 nitrogen and oxygen atoms in total. The Morgan fingerprint density at radius 2 is 2.29 bits per heavy atom. The zero-order valence-electron chi connectivity index (χ0n) is 9.58. The van der Waals surface area contributed by atoms with Crippen LogP contribution in [0.15, 0.2) is 18.2 Å². The van der Waals surface area contributed by atoms with E-state index in [1.807, 2.05) is 0 Å². The molecule has 0 saturated carbocycles. The normalized spacial score (nSPS) is 12.2. The van der Waals surface area contributed by atoms with Crippen LogP contribution in [-0.4, -0.2) is 19.1 Å². The smallest absolute Gasteiger partial charge is 0.305 e. The van der Waals surface area contributed by atoms with Crippen molar-refractivity contribution >= 4 is 17.6 Å². The second kappa shape index (κ2) is 6.57. The molecular weight excluding hydrogens is 245 g/mol. The number of methoxy groups -OCH3 is 1. The van der Waals surface area contributed by atoms with Gasteiger partial charge in [-0.2, -0.15) is 0 Å². The molecule has 0 aliphatic rings. The monoisotopic (exact) mass is 259 g/mol. The molecule has 0 spiro atoms. The van der Waals surface area contributed by atoms with Gasteiger partial charge in [0.05, 0.1) is 7.11 Å². The van der Waals surface area contributed by atoms with Gasteiger partial charge >= 0.3 is 5.97 Å². The molecule has 1 rings (SSSR count). The van der Waals surface area contributed by atoms with E-state index in [4.69, 9.17) is 17.3 Å². The Labute approximate surface area is 105 Å². The average molecular weight is 260 g/mol. The highest BCUT2D eigenvalue weighted by Gasteiger charge is 2.11.